The fourth-order valence-corrected chi connectivity index (χ4v) is 1.30. The Morgan fingerprint density at radius 1 is 1.38 bits per heavy atom. The Bertz CT molecular complexity index is 131. The number of likely N-dealkylation sites (tertiary alicyclic amines) is 1. The van der Waals surface area contributed by atoms with E-state index in [-0.39, 0.29) is 5.88 Å². The van der Waals surface area contributed by atoms with Gasteiger partial charge < -0.3 is 0 Å². The van der Waals surface area contributed by atoms with Crippen molar-refractivity contribution in [2.24, 2.45) is 0 Å². The highest BCUT2D eigenvalue weighted by molar-refractivity contribution is 7.72. The Morgan fingerprint density at radius 2 is 2.00 bits per heavy atom. The molecule has 1 rings (SSSR count). The first-order chi connectivity index (χ1) is 3.79. The standard InChI is InChI=1S/C4H9NO2S/c6-8(7)4-5-2-1-3-5/h8H,1-4H2. The molecule has 0 bridgehead atoms. The zero-order valence-electron chi connectivity index (χ0n) is 4.54. The van der Waals surface area contributed by atoms with Crippen LogP contribution in [0.15, 0.2) is 0 Å². The first-order valence-corrected chi connectivity index (χ1v) is 3.99. The number of nitrogens with zero attached hydrogens (tertiary/aromatic N) is 1. The quantitative estimate of drug-likeness (QED) is 0.507. The average Bonchev–Trinajstić information content (AvgIpc) is 1.55. The molecule has 1 aliphatic rings. The molecule has 8 heavy (non-hydrogen) atoms. The maximum absolute atomic E-state index is 10.00. The van der Waals surface area contributed by atoms with Gasteiger partial charge in [0.15, 0.2) is 10.7 Å². The second-order valence-corrected chi connectivity index (χ2v) is 2.89. The number of thiol groups is 1. The van der Waals surface area contributed by atoms with E-state index in [2.05, 4.69) is 0 Å². The lowest BCUT2D eigenvalue weighted by atomic mass is 10.2. The molecule has 0 radical (unpaired) electrons. The lowest BCUT2D eigenvalue weighted by Gasteiger charge is -2.27. The van der Waals surface area contributed by atoms with Gasteiger partial charge in [0, 0.05) is 13.1 Å². The zero-order valence-corrected chi connectivity index (χ0v) is 5.43. The summed E-state index contributed by atoms with van der Waals surface area (Å²) in [5, 5.41) is 0. The van der Waals surface area contributed by atoms with Crippen LogP contribution in [0.4, 0.5) is 0 Å². The van der Waals surface area contributed by atoms with Gasteiger partial charge in [-0.15, -0.1) is 0 Å². The van der Waals surface area contributed by atoms with Gasteiger partial charge in [-0.25, -0.2) is 8.42 Å². The van der Waals surface area contributed by atoms with Gasteiger partial charge in [-0.3, -0.25) is 4.90 Å². The molecule has 0 spiro atoms. The molecule has 1 saturated heterocycles. The van der Waals surface area contributed by atoms with Gasteiger partial charge in [0.2, 0.25) is 0 Å². The monoisotopic (exact) mass is 135 g/mol. The van der Waals surface area contributed by atoms with Gasteiger partial charge in [0.25, 0.3) is 0 Å². The molecule has 1 fully saturated rings. The second-order valence-electron chi connectivity index (χ2n) is 1.95. The first-order valence-electron chi connectivity index (χ1n) is 2.63. The summed E-state index contributed by atoms with van der Waals surface area (Å²) in [6.07, 6.45) is 1.16. The zero-order chi connectivity index (χ0) is 5.98. The largest absolute Gasteiger partial charge is 0.290 e. The number of rotatable bonds is 2. The summed E-state index contributed by atoms with van der Waals surface area (Å²) in [4.78, 5) is 1.91. The Balaban J connectivity index is 2.19. The van der Waals surface area contributed by atoms with Crippen LogP contribution in [-0.4, -0.2) is 32.3 Å². The van der Waals surface area contributed by atoms with E-state index in [1.165, 1.54) is 0 Å². The van der Waals surface area contributed by atoms with E-state index in [0.717, 1.165) is 19.5 Å². The Kier molecular flexibility index (Phi) is 1.85. The summed E-state index contributed by atoms with van der Waals surface area (Å²) in [6.45, 7) is 1.92. The molecule has 0 aromatic carbocycles. The van der Waals surface area contributed by atoms with Crippen molar-refractivity contribution in [3.05, 3.63) is 0 Å². The van der Waals surface area contributed by atoms with Crippen molar-refractivity contribution in [3.8, 4) is 0 Å². The van der Waals surface area contributed by atoms with E-state index < -0.39 is 10.7 Å². The molecule has 0 amide bonds. The highest BCUT2D eigenvalue weighted by Gasteiger charge is 2.12. The van der Waals surface area contributed by atoms with Gasteiger partial charge in [-0.1, -0.05) is 0 Å². The molecule has 4 heteroatoms. The molecular weight excluding hydrogens is 126 g/mol. The van der Waals surface area contributed by atoms with Gasteiger partial charge in [0.1, 0.15) is 0 Å². The normalized spacial score (nSPS) is 21.1. The van der Waals surface area contributed by atoms with Crippen molar-refractivity contribution in [1.82, 2.24) is 4.90 Å². The third-order valence-corrected chi connectivity index (χ3v) is 1.90. The second kappa shape index (κ2) is 2.46. The molecule has 0 saturated carbocycles. The molecule has 1 aliphatic heterocycles. The third kappa shape index (κ3) is 1.45. The van der Waals surface area contributed by atoms with Gasteiger partial charge in [-0.05, 0) is 6.42 Å². The minimum absolute atomic E-state index is 0.259. The maximum Gasteiger partial charge on any atom is 0.153 e. The molecule has 1 heterocycles. The predicted molar refractivity (Wildman–Crippen MR) is 31.4 cm³/mol. The van der Waals surface area contributed by atoms with Crippen LogP contribution >= 0.6 is 0 Å². The molecule has 3 nitrogen and oxygen atoms in total. The summed E-state index contributed by atoms with van der Waals surface area (Å²) in [7, 11) is -2.17. The van der Waals surface area contributed by atoms with Crippen LogP contribution < -0.4 is 0 Å². The molecule has 0 atom stereocenters. The van der Waals surface area contributed by atoms with Crippen LogP contribution in [0.5, 0.6) is 0 Å². The van der Waals surface area contributed by atoms with Gasteiger partial charge in [0.05, 0.1) is 5.88 Å². The van der Waals surface area contributed by atoms with Crippen molar-refractivity contribution in [3.63, 3.8) is 0 Å². The van der Waals surface area contributed by atoms with E-state index >= 15 is 0 Å². The van der Waals surface area contributed by atoms with Crippen molar-refractivity contribution in [2.75, 3.05) is 19.0 Å². The molecule has 0 aromatic rings. The molecule has 48 valence electrons. The third-order valence-electron chi connectivity index (χ3n) is 1.26. The van der Waals surface area contributed by atoms with Crippen LogP contribution in [0, 0.1) is 0 Å². The number of hydrogen-bond acceptors (Lipinski definition) is 3. The van der Waals surface area contributed by atoms with Crippen LogP contribution in [0.2, 0.25) is 0 Å². The van der Waals surface area contributed by atoms with Crippen molar-refractivity contribution >= 4 is 10.7 Å². The van der Waals surface area contributed by atoms with E-state index in [9.17, 15) is 8.42 Å². The SMILES string of the molecule is O=[SH](=O)CN1CCC1. The van der Waals surface area contributed by atoms with Crippen LogP contribution in [0.3, 0.4) is 0 Å². The first kappa shape index (κ1) is 6.04. The molecule has 0 unspecified atom stereocenters. The Labute approximate surface area is 50.2 Å². The van der Waals surface area contributed by atoms with Crippen LogP contribution in [-0.2, 0) is 10.7 Å². The fourth-order valence-electron chi connectivity index (χ4n) is 0.686. The fraction of sp³-hybridized carbons (Fsp3) is 1.00. The minimum atomic E-state index is -2.17. The van der Waals surface area contributed by atoms with Crippen molar-refractivity contribution in [2.45, 2.75) is 6.42 Å². The Hall–Kier alpha value is -0.0900. The average molecular weight is 135 g/mol. The van der Waals surface area contributed by atoms with E-state index in [1.807, 2.05) is 4.90 Å². The smallest absolute Gasteiger partial charge is 0.153 e. The predicted octanol–water partition coefficient (Wildman–Crippen LogP) is -0.739. The molecule has 0 aliphatic carbocycles. The highest BCUT2D eigenvalue weighted by Crippen LogP contribution is 2.03. The van der Waals surface area contributed by atoms with Crippen LogP contribution in [0.25, 0.3) is 0 Å². The van der Waals surface area contributed by atoms with E-state index in [4.69, 9.17) is 0 Å². The lowest BCUT2D eigenvalue weighted by molar-refractivity contribution is 0.215. The molecule has 0 aromatic heterocycles. The van der Waals surface area contributed by atoms with E-state index in [1.54, 1.807) is 0 Å². The highest BCUT2D eigenvalue weighted by atomic mass is 32.2. The summed E-state index contributed by atoms with van der Waals surface area (Å²) >= 11 is 0. The van der Waals surface area contributed by atoms with Crippen molar-refractivity contribution in [1.29, 1.82) is 0 Å². The summed E-state index contributed by atoms with van der Waals surface area (Å²) in [5.74, 6) is 0.259. The molecule has 0 N–H and O–H groups in total. The van der Waals surface area contributed by atoms with Gasteiger partial charge >= 0.3 is 0 Å². The topological polar surface area (TPSA) is 37.4 Å². The van der Waals surface area contributed by atoms with Crippen LogP contribution in [0.1, 0.15) is 6.42 Å². The summed E-state index contributed by atoms with van der Waals surface area (Å²) in [5.41, 5.74) is 0. The maximum atomic E-state index is 10.00. The number of hydrogen-bond donors (Lipinski definition) is 1. The lowest BCUT2D eigenvalue weighted by Crippen LogP contribution is -2.38. The molecular formula is C4H9NO2S. The minimum Gasteiger partial charge on any atom is -0.290 e. The summed E-state index contributed by atoms with van der Waals surface area (Å²) < 4.78 is 20.0. The van der Waals surface area contributed by atoms with Crippen molar-refractivity contribution < 1.29 is 8.42 Å². The van der Waals surface area contributed by atoms with Gasteiger partial charge in [-0.2, -0.15) is 0 Å². The van der Waals surface area contributed by atoms with E-state index in [0.29, 0.717) is 0 Å². The summed E-state index contributed by atoms with van der Waals surface area (Å²) in [6, 6.07) is 0. The Morgan fingerprint density at radius 3 is 2.12 bits per heavy atom.